The molecule has 0 radical (unpaired) electrons. The molecule has 0 amide bonds. The SMILES string of the molecule is CCNC(COC(C)C)c1cc(Br)ccc1F. The van der Waals surface area contributed by atoms with Crippen molar-refractivity contribution in [1.29, 1.82) is 0 Å². The van der Waals surface area contributed by atoms with Crippen molar-refractivity contribution in [2.24, 2.45) is 0 Å². The van der Waals surface area contributed by atoms with Crippen LogP contribution < -0.4 is 5.32 Å². The fourth-order valence-corrected chi connectivity index (χ4v) is 1.95. The monoisotopic (exact) mass is 303 g/mol. The minimum absolute atomic E-state index is 0.111. The molecule has 1 atom stereocenters. The molecule has 4 heteroatoms. The van der Waals surface area contributed by atoms with Gasteiger partial charge in [-0.15, -0.1) is 0 Å². The highest BCUT2D eigenvalue weighted by Gasteiger charge is 2.16. The number of halogens is 2. The van der Waals surface area contributed by atoms with E-state index in [0.717, 1.165) is 11.0 Å². The van der Waals surface area contributed by atoms with Crippen LogP contribution in [0, 0.1) is 5.82 Å². The molecule has 0 saturated carbocycles. The number of nitrogens with one attached hydrogen (secondary N) is 1. The minimum Gasteiger partial charge on any atom is -0.377 e. The first kappa shape index (κ1) is 14.6. The van der Waals surface area contributed by atoms with Gasteiger partial charge in [0.2, 0.25) is 0 Å². The smallest absolute Gasteiger partial charge is 0.128 e. The zero-order valence-corrected chi connectivity index (χ0v) is 12.1. The largest absolute Gasteiger partial charge is 0.377 e. The maximum atomic E-state index is 13.8. The van der Waals surface area contributed by atoms with Crippen LogP contribution in [0.3, 0.4) is 0 Å². The van der Waals surface area contributed by atoms with Gasteiger partial charge in [0.15, 0.2) is 0 Å². The highest BCUT2D eigenvalue weighted by molar-refractivity contribution is 9.10. The molecule has 0 aromatic heterocycles. The fourth-order valence-electron chi connectivity index (χ4n) is 1.58. The summed E-state index contributed by atoms with van der Waals surface area (Å²) < 4.78 is 20.2. The summed E-state index contributed by atoms with van der Waals surface area (Å²) in [5.74, 6) is -0.202. The third-order valence-electron chi connectivity index (χ3n) is 2.38. The van der Waals surface area contributed by atoms with Gasteiger partial charge >= 0.3 is 0 Å². The van der Waals surface area contributed by atoms with Crippen LogP contribution in [0.25, 0.3) is 0 Å². The number of likely N-dealkylation sites (N-methyl/N-ethyl adjacent to an activating group) is 1. The number of benzene rings is 1. The second-order valence-corrected chi connectivity index (χ2v) is 5.07. The first-order valence-corrected chi connectivity index (χ1v) is 6.63. The van der Waals surface area contributed by atoms with Gasteiger partial charge < -0.3 is 10.1 Å². The van der Waals surface area contributed by atoms with Crippen LogP contribution in [-0.4, -0.2) is 19.3 Å². The van der Waals surface area contributed by atoms with E-state index in [2.05, 4.69) is 21.2 Å². The van der Waals surface area contributed by atoms with E-state index < -0.39 is 0 Å². The van der Waals surface area contributed by atoms with Crippen LogP contribution in [0.5, 0.6) is 0 Å². The van der Waals surface area contributed by atoms with Crippen molar-refractivity contribution in [3.05, 3.63) is 34.1 Å². The Balaban J connectivity index is 2.84. The normalized spacial score (nSPS) is 13.1. The molecular weight excluding hydrogens is 285 g/mol. The van der Waals surface area contributed by atoms with Gasteiger partial charge in [0.1, 0.15) is 5.82 Å². The molecule has 0 heterocycles. The van der Waals surface area contributed by atoms with Gasteiger partial charge in [-0.2, -0.15) is 0 Å². The molecule has 0 aliphatic rings. The summed E-state index contributed by atoms with van der Waals surface area (Å²) in [5.41, 5.74) is 0.641. The van der Waals surface area contributed by atoms with Gasteiger partial charge in [-0.1, -0.05) is 22.9 Å². The zero-order valence-electron chi connectivity index (χ0n) is 10.5. The molecule has 0 spiro atoms. The summed E-state index contributed by atoms with van der Waals surface area (Å²) in [4.78, 5) is 0. The van der Waals surface area contributed by atoms with Gasteiger partial charge in [-0.25, -0.2) is 4.39 Å². The van der Waals surface area contributed by atoms with Crippen molar-refractivity contribution in [3.63, 3.8) is 0 Å². The molecule has 2 nitrogen and oxygen atoms in total. The first-order chi connectivity index (χ1) is 8.04. The zero-order chi connectivity index (χ0) is 12.8. The van der Waals surface area contributed by atoms with E-state index in [1.54, 1.807) is 12.1 Å². The number of hydrogen-bond donors (Lipinski definition) is 1. The van der Waals surface area contributed by atoms with Gasteiger partial charge in [0.05, 0.1) is 18.8 Å². The number of hydrogen-bond acceptors (Lipinski definition) is 2. The molecule has 96 valence electrons. The Morgan fingerprint density at radius 2 is 2.12 bits per heavy atom. The van der Waals surface area contributed by atoms with E-state index in [4.69, 9.17) is 4.74 Å². The average Bonchev–Trinajstić information content (AvgIpc) is 2.27. The van der Waals surface area contributed by atoms with Crippen LogP contribution >= 0.6 is 15.9 Å². The van der Waals surface area contributed by atoms with E-state index in [1.807, 2.05) is 20.8 Å². The molecule has 0 fully saturated rings. The number of rotatable bonds is 6. The van der Waals surface area contributed by atoms with Gasteiger partial charge in [-0.3, -0.25) is 0 Å². The van der Waals surface area contributed by atoms with Crippen LogP contribution in [0.1, 0.15) is 32.4 Å². The summed E-state index contributed by atoms with van der Waals surface area (Å²) in [5, 5.41) is 3.24. The van der Waals surface area contributed by atoms with E-state index in [1.165, 1.54) is 6.07 Å². The van der Waals surface area contributed by atoms with Crippen molar-refractivity contribution in [3.8, 4) is 0 Å². The molecule has 0 aliphatic heterocycles. The van der Waals surface area contributed by atoms with Crippen LogP contribution in [-0.2, 0) is 4.74 Å². The Labute approximate surface area is 111 Å². The first-order valence-electron chi connectivity index (χ1n) is 5.84. The minimum atomic E-state index is -0.202. The topological polar surface area (TPSA) is 21.3 Å². The molecule has 17 heavy (non-hydrogen) atoms. The molecule has 1 unspecified atom stereocenters. The van der Waals surface area contributed by atoms with Crippen molar-refractivity contribution in [2.45, 2.75) is 32.9 Å². The third kappa shape index (κ3) is 4.74. The second kappa shape index (κ2) is 7.09. The third-order valence-corrected chi connectivity index (χ3v) is 2.87. The van der Waals surface area contributed by atoms with Crippen LogP contribution in [0.4, 0.5) is 4.39 Å². The Kier molecular flexibility index (Phi) is 6.09. The molecule has 1 rings (SSSR count). The van der Waals surface area contributed by atoms with E-state index in [-0.39, 0.29) is 18.0 Å². The maximum Gasteiger partial charge on any atom is 0.128 e. The fraction of sp³-hybridized carbons (Fsp3) is 0.538. The molecule has 1 aromatic carbocycles. The van der Waals surface area contributed by atoms with Crippen molar-refractivity contribution >= 4 is 15.9 Å². The Morgan fingerprint density at radius 3 is 2.71 bits per heavy atom. The van der Waals surface area contributed by atoms with Gasteiger partial charge in [0, 0.05) is 10.0 Å². The molecule has 1 N–H and O–H groups in total. The molecule has 0 saturated heterocycles. The lowest BCUT2D eigenvalue weighted by molar-refractivity contribution is 0.0607. The predicted molar refractivity (Wildman–Crippen MR) is 71.6 cm³/mol. The van der Waals surface area contributed by atoms with Crippen LogP contribution in [0.15, 0.2) is 22.7 Å². The molecule has 0 aliphatic carbocycles. The highest BCUT2D eigenvalue weighted by Crippen LogP contribution is 2.22. The molecular formula is C13H19BrFNO. The van der Waals surface area contributed by atoms with E-state index >= 15 is 0 Å². The van der Waals surface area contributed by atoms with Crippen molar-refractivity contribution in [2.75, 3.05) is 13.2 Å². The molecule has 1 aromatic rings. The average molecular weight is 304 g/mol. The lowest BCUT2D eigenvalue weighted by atomic mass is 10.1. The maximum absolute atomic E-state index is 13.8. The van der Waals surface area contributed by atoms with Crippen molar-refractivity contribution < 1.29 is 9.13 Å². The Morgan fingerprint density at radius 1 is 1.41 bits per heavy atom. The summed E-state index contributed by atoms with van der Waals surface area (Å²) in [6, 6.07) is 4.86. The quantitative estimate of drug-likeness (QED) is 0.866. The lowest BCUT2D eigenvalue weighted by Gasteiger charge is -2.20. The summed E-state index contributed by atoms with van der Waals surface area (Å²) in [6.45, 7) is 7.19. The highest BCUT2D eigenvalue weighted by atomic mass is 79.9. The lowest BCUT2D eigenvalue weighted by Crippen LogP contribution is -2.27. The van der Waals surface area contributed by atoms with E-state index in [0.29, 0.717) is 12.2 Å². The van der Waals surface area contributed by atoms with E-state index in [9.17, 15) is 4.39 Å². The summed E-state index contributed by atoms with van der Waals surface area (Å²) in [7, 11) is 0. The molecule has 0 bridgehead atoms. The predicted octanol–water partition coefficient (Wildman–Crippen LogP) is 3.66. The Bertz CT molecular complexity index is 357. The van der Waals surface area contributed by atoms with Crippen LogP contribution in [0.2, 0.25) is 0 Å². The Hall–Kier alpha value is -0.450. The van der Waals surface area contributed by atoms with Gasteiger partial charge in [-0.05, 0) is 38.6 Å². The van der Waals surface area contributed by atoms with Crippen molar-refractivity contribution in [1.82, 2.24) is 5.32 Å². The standard InChI is InChI=1S/C13H19BrFNO/c1-4-16-13(8-17-9(2)3)11-7-10(14)5-6-12(11)15/h5-7,9,13,16H,4,8H2,1-3H3. The second-order valence-electron chi connectivity index (χ2n) is 4.16. The number of ether oxygens (including phenoxy) is 1. The summed E-state index contributed by atoms with van der Waals surface area (Å²) in [6.07, 6.45) is 0.145. The summed E-state index contributed by atoms with van der Waals surface area (Å²) >= 11 is 3.36. The van der Waals surface area contributed by atoms with Gasteiger partial charge in [0.25, 0.3) is 0 Å².